The number of fused-ring (bicyclic) bond motifs is 1. The average Bonchev–Trinajstić information content (AvgIpc) is 3.13. The lowest BCUT2D eigenvalue weighted by Gasteiger charge is -2.34. The molecule has 1 fully saturated rings. The molecule has 1 aromatic carbocycles. The first-order chi connectivity index (χ1) is 13.5. The van der Waals surface area contributed by atoms with Gasteiger partial charge in [0.05, 0.1) is 29.4 Å². The number of nitrogens with zero attached hydrogens (tertiary/aromatic N) is 3. The molecule has 0 saturated carbocycles. The number of pyridine rings is 1. The Morgan fingerprint density at radius 1 is 1.29 bits per heavy atom. The van der Waals surface area contributed by atoms with Crippen LogP contribution in [-0.4, -0.2) is 39.8 Å². The van der Waals surface area contributed by atoms with E-state index in [9.17, 15) is 14.3 Å². The number of benzene rings is 1. The summed E-state index contributed by atoms with van der Waals surface area (Å²) >= 11 is 0. The van der Waals surface area contributed by atoms with E-state index in [-0.39, 0.29) is 23.9 Å². The van der Waals surface area contributed by atoms with E-state index in [4.69, 9.17) is 0 Å². The molecule has 1 aliphatic heterocycles. The summed E-state index contributed by atoms with van der Waals surface area (Å²) in [6.45, 7) is 3.25. The Morgan fingerprint density at radius 3 is 2.86 bits per heavy atom. The third-order valence-corrected chi connectivity index (χ3v) is 5.28. The zero-order valence-electron chi connectivity index (χ0n) is 15.7. The largest absolute Gasteiger partial charge is 0.393 e. The van der Waals surface area contributed by atoms with Gasteiger partial charge in [0.2, 0.25) is 0 Å². The van der Waals surface area contributed by atoms with E-state index in [0.717, 1.165) is 16.8 Å². The molecule has 1 amide bonds. The first kappa shape index (κ1) is 18.4. The smallest absolute Gasteiger partial charge is 0.255 e. The molecular weight excluding hydrogens is 359 g/mol. The molecule has 2 aromatic heterocycles. The van der Waals surface area contributed by atoms with Crippen molar-refractivity contribution in [1.82, 2.24) is 14.9 Å². The van der Waals surface area contributed by atoms with Gasteiger partial charge in [0, 0.05) is 30.5 Å². The van der Waals surface area contributed by atoms with Gasteiger partial charge in [-0.2, -0.15) is 5.10 Å². The lowest BCUT2D eigenvalue weighted by Crippen LogP contribution is -2.37. The maximum Gasteiger partial charge on any atom is 0.255 e. The van der Waals surface area contributed by atoms with Crippen LogP contribution in [-0.2, 0) is 0 Å². The van der Waals surface area contributed by atoms with Crippen molar-refractivity contribution in [2.24, 2.45) is 0 Å². The third-order valence-electron chi connectivity index (χ3n) is 5.28. The molecule has 6 nitrogen and oxygen atoms in total. The van der Waals surface area contributed by atoms with Crippen LogP contribution in [0.5, 0.6) is 0 Å². The normalized spacial score (nSPS) is 16.3. The average molecular weight is 382 g/mol. The van der Waals surface area contributed by atoms with E-state index in [1.54, 1.807) is 16.8 Å². The number of carbonyl (C=O) groups is 1. The van der Waals surface area contributed by atoms with Crippen molar-refractivity contribution < 1.29 is 14.3 Å². The Bertz CT molecular complexity index is 995. The SMILES string of the molecule is CC(NC(=O)c1cnn2ccccc12)c1cc(F)ccc1N1CCC(O)CC1. The van der Waals surface area contributed by atoms with E-state index >= 15 is 0 Å². The summed E-state index contributed by atoms with van der Waals surface area (Å²) < 4.78 is 15.6. The van der Waals surface area contributed by atoms with Crippen LogP contribution in [0.25, 0.3) is 5.52 Å². The van der Waals surface area contributed by atoms with Gasteiger partial charge in [-0.15, -0.1) is 0 Å². The van der Waals surface area contributed by atoms with E-state index in [2.05, 4.69) is 15.3 Å². The first-order valence-corrected chi connectivity index (χ1v) is 9.48. The van der Waals surface area contributed by atoms with Gasteiger partial charge >= 0.3 is 0 Å². The van der Waals surface area contributed by atoms with Crippen molar-refractivity contribution in [1.29, 1.82) is 0 Å². The van der Waals surface area contributed by atoms with E-state index in [1.165, 1.54) is 18.3 Å². The number of aliphatic hydroxyl groups excluding tert-OH is 1. The highest BCUT2D eigenvalue weighted by Crippen LogP contribution is 2.30. The fourth-order valence-corrected chi connectivity index (χ4v) is 3.73. The van der Waals surface area contributed by atoms with Crippen LogP contribution in [0.3, 0.4) is 0 Å². The minimum Gasteiger partial charge on any atom is -0.393 e. The molecule has 3 aromatic rings. The van der Waals surface area contributed by atoms with E-state index in [0.29, 0.717) is 31.5 Å². The zero-order chi connectivity index (χ0) is 19.7. The van der Waals surface area contributed by atoms with Gasteiger partial charge in [0.25, 0.3) is 5.91 Å². The monoisotopic (exact) mass is 382 g/mol. The summed E-state index contributed by atoms with van der Waals surface area (Å²) in [5, 5.41) is 16.9. The van der Waals surface area contributed by atoms with Crippen molar-refractivity contribution in [2.45, 2.75) is 31.9 Å². The quantitative estimate of drug-likeness (QED) is 0.728. The molecule has 0 bridgehead atoms. The number of rotatable bonds is 4. The fourth-order valence-electron chi connectivity index (χ4n) is 3.73. The number of carbonyl (C=O) groups excluding carboxylic acids is 1. The molecule has 0 radical (unpaired) electrons. The van der Waals surface area contributed by atoms with Crippen LogP contribution >= 0.6 is 0 Å². The lowest BCUT2D eigenvalue weighted by atomic mass is 10.0. The highest BCUT2D eigenvalue weighted by atomic mass is 19.1. The number of piperidine rings is 1. The number of halogens is 1. The molecule has 2 N–H and O–H groups in total. The molecule has 1 unspecified atom stereocenters. The Kier molecular flexibility index (Phi) is 5.00. The Labute approximate surface area is 162 Å². The number of anilines is 1. The van der Waals surface area contributed by atoms with Crippen LogP contribution < -0.4 is 10.2 Å². The Hall–Kier alpha value is -2.93. The predicted molar refractivity (Wildman–Crippen MR) is 105 cm³/mol. The summed E-state index contributed by atoms with van der Waals surface area (Å²) in [5.74, 6) is -0.592. The van der Waals surface area contributed by atoms with Gasteiger partial charge in [0.15, 0.2) is 0 Å². The van der Waals surface area contributed by atoms with Crippen LogP contribution in [0.1, 0.15) is 41.7 Å². The fraction of sp³-hybridized carbons (Fsp3) is 0.333. The number of amides is 1. The minimum atomic E-state index is -0.385. The van der Waals surface area contributed by atoms with E-state index in [1.807, 2.05) is 25.1 Å². The number of nitrogens with one attached hydrogen (secondary N) is 1. The van der Waals surface area contributed by atoms with Crippen LogP contribution in [0.2, 0.25) is 0 Å². The van der Waals surface area contributed by atoms with Gasteiger partial charge in [-0.3, -0.25) is 4.79 Å². The van der Waals surface area contributed by atoms with E-state index < -0.39 is 0 Å². The molecule has 0 aliphatic carbocycles. The van der Waals surface area contributed by atoms with Crippen molar-refractivity contribution in [3.05, 3.63) is 65.7 Å². The van der Waals surface area contributed by atoms with Crippen LogP contribution in [0, 0.1) is 5.82 Å². The van der Waals surface area contributed by atoms with Crippen LogP contribution in [0.4, 0.5) is 10.1 Å². The standard InChI is InChI=1S/C21H23FN4O2/c1-14(24-21(28)18-13-23-26-9-3-2-4-20(18)26)17-12-15(22)5-6-19(17)25-10-7-16(27)8-11-25/h2-6,9,12-14,16,27H,7-8,10-11H2,1H3,(H,24,28). The number of aliphatic hydroxyl groups is 1. The van der Waals surface area contributed by atoms with Crippen molar-refractivity contribution >= 4 is 17.1 Å². The van der Waals surface area contributed by atoms with Gasteiger partial charge in [-0.25, -0.2) is 8.91 Å². The summed E-state index contributed by atoms with van der Waals surface area (Å²) in [6, 6.07) is 9.81. The molecule has 7 heteroatoms. The maximum absolute atomic E-state index is 14.0. The first-order valence-electron chi connectivity index (χ1n) is 9.48. The number of hydrogen-bond donors (Lipinski definition) is 2. The summed E-state index contributed by atoms with van der Waals surface area (Å²) in [4.78, 5) is 15.0. The molecule has 28 heavy (non-hydrogen) atoms. The molecular formula is C21H23FN4O2. The molecule has 1 aliphatic rings. The lowest BCUT2D eigenvalue weighted by molar-refractivity contribution is 0.0941. The Balaban J connectivity index is 1.58. The summed E-state index contributed by atoms with van der Waals surface area (Å²) in [7, 11) is 0. The second-order valence-corrected chi connectivity index (χ2v) is 7.21. The number of aromatic nitrogens is 2. The topological polar surface area (TPSA) is 69.9 Å². The molecule has 146 valence electrons. The summed E-state index contributed by atoms with van der Waals surface area (Å²) in [5.41, 5.74) is 2.81. The second-order valence-electron chi connectivity index (χ2n) is 7.21. The third kappa shape index (κ3) is 3.57. The molecule has 4 rings (SSSR count). The highest BCUT2D eigenvalue weighted by Gasteiger charge is 2.23. The Morgan fingerprint density at radius 2 is 2.07 bits per heavy atom. The molecule has 3 heterocycles. The van der Waals surface area contributed by atoms with Gasteiger partial charge in [0.1, 0.15) is 5.82 Å². The van der Waals surface area contributed by atoms with Crippen molar-refractivity contribution in [3.8, 4) is 0 Å². The minimum absolute atomic E-state index is 0.252. The van der Waals surface area contributed by atoms with Gasteiger partial charge in [-0.05, 0) is 50.1 Å². The second kappa shape index (κ2) is 7.59. The number of hydrogen-bond acceptors (Lipinski definition) is 4. The molecule has 1 saturated heterocycles. The zero-order valence-corrected chi connectivity index (χ0v) is 15.7. The predicted octanol–water partition coefficient (Wildman–Crippen LogP) is 2.93. The van der Waals surface area contributed by atoms with Crippen molar-refractivity contribution in [2.75, 3.05) is 18.0 Å². The van der Waals surface area contributed by atoms with Gasteiger partial charge in [-0.1, -0.05) is 6.07 Å². The highest BCUT2D eigenvalue weighted by molar-refractivity contribution is 6.00. The van der Waals surface area contributed by atoms with Gasteiger partial charge < -0.3 is 15.3 Å². The maximum atomic E-state index is 14.0. The molecule has 0 spiro atoms. The molecule has 1 atom stereocenters. The summed E-state index contributed by atoms with van der Waals surface area (Å²) in [6.07, 6.45) is 4.40. The van der Waals surface area contributed by atoms with Crippen molar-refractivity contribution in [3.63, 3.8) is 0 Å². The van der Waals surface area contributed by atoms with Crippen LogP contribution in [0.15, 0.2) is 48.8 Å².